The lowest BCUT2D eigenvalue weighted by Crippen LogP contribution is -2.49. The Hall–Kier alpha value is -0.470. The van der Waals surface area contributed by atoms with Crippen LogP contribution in [0.3, 0.4) is 0 Å². The largest absolute Gasteiger partial charge is 0.395 e. The monoisotopic (exact) mass is 250 g/mol. The Morgan fingerprint density at radius 3 is 2.56 bits per heavy atom. The minimum Gasteiger partial charge on any atom is -0.395 e. The molecule has 1 aliphatic heterocycles. The molecule has 1 aliphatic rings. The zero-order chi connectivity index (χ0) is 12.0. The maximum atomic E-state index is 12.1. The normalized spacial score (nSPS) is 18.9. The van der Waals surface area contributed by atoms with Gasteiger partial charge in [-0.3, -0.25) is 0 Å². The zero-order valence-corrected chi connectivity index (χ0v) is 10.0. The first kappa shape index (κ1) is 13.6. The lowest BCUT2D eigenvalue weighted by atomic mass is 10.5. The van der Waals surface area contributed by atoms with Crippen molar-refractivity contribution in [2.24, 2.45) is 0 Å². The molecule has 0 unspecified atom stereocenters. The van der Waals surface area contributed by atoms with Gasteiger partial charge >= 0.3 is 0 Å². The van der Waals surface area contributed by atoms with Crippen molar-refractivity contribution in [1.29, 1.82) is 0 Å². The Kier molecular flexibility index (Phi) is 5.36. The van der Waals surface area contributed by atoms with Gasteiger partial charge in [0, 0.05) is 26.2 Å². The minimum absolute atomic E-state index is 0.0890. The van der Waals surface area contributed by atoms with E-state index in [1.54, 1.807) is 0 Å². The number of rotatable bonds is 6. The number of hydrogen-bond acceptors (Lipinski definition) is 4. The number of nitrogens with zero attached hydrogens (tertiary/aromatic N) is 2. The second-order valence-corrected chi connectivity index (χ2v) is 5.32. The van der Waals surface area contributed by atoms with Crippen molar-refractivity contribution in [3.8, 4) is 0 Å². The third-order valence-electron chi connectivity index (χ3n) is 2.30. The maximum absolute atomic E-state index is 12.1. The number of aliphatic hydroxyl groups is 1. The van der Waals surface area contributed by atoms with Crippen molar-refractivity contribution < 1.29 is 18.3 Å². The molecule has 0 aromatic rings. The van der Waals surface area contributed by atoms with E-state index in [-0.39, 0.29) is 19.7 Å². The van der Waals surface area contributed by atoms with Gasteiger partial charge in [0.05, 0.1) is 19.8 Å². The summed E-state index contributed by atoms with van der Waals surface area (Å²) in [5, 5.41) is 8.84. The fourth-order valence-electron chi connectivity index (χ4n) is 1.50. The van der Waals surface area contributed by atoms with Gasteiger partial charge < -0.3 is 9.84 Å². The number of aliphatic hydroxyl groups excluding tert-OH is 1. The molecule has 6 nitrogen and oxygen atoms in total. The van der Waals surface area contributed by atoms with Crippen molar-refractivity contribution in [3.05, 3.63) is 12.7 Å². The summed E-state index contributed by atoms with van der Waals surface area (Å²) in [7, 11) is -3.49. The van der Waals surface area contributed by atoms with Crippen LogP contribution in [0.5, 0.6) is 0 Å². The minimum atomic E-state index is -3.49. The van der Waals surface area contributed by atoms with Crippen molar-refractivity contribution in [2.45, 2.75) is 0 Å². The first-order valence-electron chi connectivity index (χ1n) is 5.17. The highest BCUT2D eigenvalue weighted by Gasteiger charge is 2.29. The number of hydrogen-bond donors (Lipinski definition) is 1. The first-order valence-corrected chi connectivity index (χ1v) is 6.57. The van der Waals surface area contributed by atoms with Crippen LogP contribution in [0.4, 0.5) is 0 Å². The molecule has 0 radical (unpaired) electrons. The molecule has 0 bridgehead atoms. The van der Waals surface area contributed by atoms with Crippen LogP contribution in [0.25, 0.3) is 0 Å². The van der Waals surface area contributed by atoms with E-state index in [0.717, 1.165) is 0 Å². The number of morpholine rings is 1. The third kappa shape index (κ3) is 3.26. The van der Waals surface area contributed by atoms with E-state index in [4.69, 9.17) is 9.84 Å². The molecule has 1 saturated heterocycles. The molecule has 1 heterocycles. The summed E-state index contributed by atoms with van der Waals surface area (Å²) in [4.78, 5) is 0. The summed E-state index contributed by atoms with van der Waals surface area (Å²) in [6.07, 6.45) is 1.51. The molecule has 0 atom stereocenters. The molecule has 7 heteroatoms. The second kappa shape index (κ2) is 6.31. The van der Waals surface area contributed by atoms with E-state index in [2.05, 4.69) is 6.58 Å². The molecule has 0 aromatic carbocycles. The molecular weight excluding hydrogens is 232 g/mol. The van der Waals surface area contributed by atoms with Crippen molar-refractivity contribution in [1.82, 2.24) is 8.61 Å². The Balaban J connectivity index is 2.74. The van der Waals surface area contributed by atoms with Gasteiger partial charge in [-0.25, -0.2) is 0 Å². The highest BCUT2D eigenvalue weighted by atomic mass is 32.2. The van der Waals surface area contributed by atoms with E-state index in [1.807, 2.05) is 0 Å². The zero-order valence-electron chi connectivity index (χ0n) is 9.21. The Labute approximate surface area is 96.3 Å². The van der Waals surface area contributed by atoms with Crippen LogP contribution in [-0.4, -0.2) is 68.1 Å². The van der Waals surface area contributed by atoms with E-state index in [0.29, 0.717) is 26.3 Å². The van der Waals surface area contributed by atoms with Gasteiger partial charge in [-0.05, 0) is 0 Å². The molecule has 1 rings (SSSR count). The van der Waals surface area contributed by atoms with Crippen molar-refractivity contribution in [2.75, 3.05) is 46.0 Å². The molecule has 0 aliphatic carbocycles. The molecule has 0 spiro atoms. The lowest BCUT2D eigenvalue weighted by molar-refractivity contribution is 0.0700. The van der Waals surface area contributed by atoms with Crippen LogP contribution < -0.4 is 0 Å². The van der Waals surface area contributed by atoms with Gasteiger partial charge in [0.1, 0.15) is 0 Å². The van der Waals surface area contributed by atoms with Crippen LogP contribution in [0.15, 0.2) is 12.7 Å². The molecule has 1 fully saturated rings. The van der Waals surface area contributed by atoms with Gasteiger partial charge in [0.2, 0.25) is 0 Å². The molecule has 0 saturated carbocycles. The summed E-state index contributed by atoms with van der Waals surface area (Å²) < 4.78 is 31.9. The highest BCUT2D eigenvalue weighted by Crippen LogP contribution is 2.10. The van der Waals surface area contributed by atoms with Crippen LogP contribution in [0.1, 0.15) is 0 Å². The molecule has 1 N–H and O–H groups in total. The SMILES string of the molecule is C=CCN(CCO)S(=O)(=O)N1CCOCC1. The van der Waals surface area contributed by atoms with Gasteiger partial charge in [0.25, 0.3) is 10.2 Å². The smallest absolute Gasteiger partial charge is 0.282 e. The van der Waals surface area contributed by atoms with E-state index in [9.17, 15) is 8.42 Å². The predicted molar refractivity (Wildman–Crippen MR) is 60.2 cm³/mol. The number of ether oxygens (including phenoxy) is 1. The average molecular weight is 250 g/mol. The summed E-state index contributed by atoms with van der Waals surface area (Å²) in [6, 6.07) is 0. The Morgan fingerprint density at radius 2 is 2.06 bits per heavy atom. The third-order valence-corrected chi connectivity index (χ3v) is 4.31. The Morgan fingerprint density at radius 1 is 1.44 bits per heavy atom. The fourth-order valence-corrected chi connectivity index (χ4v) is 3.04. The quantitative estimate of drug-likeness (QED) is 0.617. The molecule has 0 amide bonds. The van der Waals surface area contributed by atoms with E-state index in [1.165, 1.54) is 14.7 Å². The van der Waals surface area contributed by atoms with Crippen molar-refractivity contribution in [3.63, 3.8) is 0 Å². The molecular formula is C9H18N2O4S. The molecule has 0 aromatic heterocycles. The second-order valence-electron chi connectivity index (χ2n) is 3.39. The van der Waals surface area contributed by atoms with Crippen LogP contribution in [-0.2, 0) is 14.9 Å². The first-order chi connectivity index (χ1) is 7.62. The lowest BCUT2D eigenvalue weighted by Gasteiger charge is -2.31. The Bertz CT molecular complexity index is 311. The molecule has 94 valence electrons. The van der Waals surface area contributed by atoms with Crippen LogP contribution >= 0.6 is 0 Å². The average Bonchev–Trinajstić information content (AvgIpc) is 2.30. The summed E-state index contributed by atoms with van der Waals surface area (Å²) in [5.41, 5.74) is 0. The highest BCUT2D eigenvalue weighted by molar-refractivity contribution is 7.86. The van der Waals surface area contributed by atoms with Gasteiger partial charge in [0.15, 0.2) is 0 Å². The van der Waals surface area contributed by atoms with Crippen LogP contribution in [0, 0.1) is 0 Å². The van der Waals surface area contributed by atoms with Gasteiger partial charge in [-0.2, -0.15) is 17.0 Å². The van der Waals surface area contributed by atoms with E-state index < -0.39 is 10.2 Å². The summed E-state index contributed by atoms with van der Waals surface area (Å²) >= 11 is 0. The summed E-state index contributed by atoms with van der Waals surface area (Å²) in [5.74, 6) is 0. The van der Waals surface area contributed by atoms with Gasteiger partial charge in [-0.1, -0.05) is 6.08 Å². The maximum Gasteiger partial charge on any atom is 0.282 e. The van der Waals surface area contributed by atoms with Crippen molar-refractivity contribution >= 4 is 10.2 Å². The topological polar surface area (TPSA) is 70.1 Å². The van der Waals surface area contributed by atoms with Gasteiger partial charge in [-0.15, -0.1) is 6.58 Å². The van der Waals surface area contributed by atoms with Crippen LogP contribution in [0.2, 0.25) is 0 Å². The predicted octanol–water partition coefficient (Wildman–Crippen LogP) is -0.956. The van der Waals surface area contributed by atoms with E-state index >= 15 is 0 Å². The summed E-state index contributed by atoms with van der Waals surface area (Å²) in [6.45, 7) is 5.17. The standard InChI is InChI=1S/C9H18N2O4S/c1-2-3-10(4-7-12)16(13,14)11-5-8-15-9-6-11/h2,12H,1,3-9H2. The molecule has 16 heavy (non-hydrogen) atoms. The fraction of sp³-hybridized carbons (Fsp3) is 0.778.